The van der Waals surface area contributed by atoms with Crippen LogP contribution in [0.3, 0.4) is 0 Å². The number of hydrogen-bond donors (Lipinski definition) is 1. The number of methoxy groups -OCH3 is 1. The van der Waals surface area contributed by atoms with Crippen molar-refractivity contribution in [2.75, 3.05) is 48.8 Å². The van der Waals surface area contributed by atoms with Crippen LogP contribution in [0.15, 0.2) is 42.5 Å². The van der Waals surface area contributed by atoms with Gasteiger partial charge in [0.25, 0.3) is 0 Å². The monoisotopic (exact) mass is 329 g/mol. The van der Waals surface area contributed by atoms with Gasteiger partial charge >= 0.3 is 5.97 Å². The first-order valence-electron chi connectivity index (χ1n) is 7.82. The van der Waals surface area contributed by atoms with Crippen LogP contribution in [0.25, 0.3) is 0 Å². The first kappa shape index (κ1) is 16.1. The molecule has 6 heteroatoms. The predicted molar refractivity (Wildman–Crippen MR) is 93.0 cm³/mol. The van der Waals surface area contributed by atoms with Gasteiger partial charge in [-0.05, 0) is 30.3 Å². The van der Waals surface area contributed by atoms with Crippen molar-refractivity contribution in [3.63, 3.8) is 0 Å². The number of esters is 1. The lowest BCUT2D eigenvalue weighted by molar-refractivity contribution is 0.0601. The molecule has 0 amide bonds. The molecule has 0 atom stereocenters. The first-order valence-corrected chi connectivity index (χ1v) is 7.82. The van der Waals surface area contributed by atoms with Gasteiger partial charge < -0.3 is 20.3 Å². The lowest BCUT2D eigenvalue weighted by Gasteiger charge is -2.38. The van der Waals surface area contributed by atoms with Crippen molar-refractivity contribution < 1.29 is 13.9 Å². The average Bonchev–Trinajstić information content (AvgIpc) is 2.61. The number of rotatable bonds is 3. The van der Waals surface area contributed by atoms with Gasteiger partial charge in [0.05, 0.1) is 29.7 Å². The van der Waals surface area contributed by atoms with Gasteiger partial charge in [0.1, 0.15) is 5.82 Å². The molecular formula is C18H20FN3O2. The van der Waals surface area contributed by atoms with E-state index in [2.05, 4.69) is 4.90 Å². The van der Waals surface area contributed by atoms with Crippen molar-refractivity contribution in [3.05, 3.63) is 53.8 Å². The molecule has 1 aliphatic heterocycles. The van der Waals surface area contributed by atoms with Crippen LogP contribution >= 0.6 is 0 Å². The fourth-order valence-electron chi connectivity index (χ4n) is 2.98. The molecule has 1 fully saturated rings. The Morgan fingerprint density at radius 3 is 2.25 bits per heavy atom. The second kappa shape index (κ2) is 6.78. The number of carbonyl (C=O) groups is 1. The van der Waals surface area contributed by atoms with Gasteiger partial charge in [-0.3, -0.25) is 0 Å². The highest BCUT2D eigenvalue weighted by Crippen LogP contribution is 2.27. The molecule has 3 rings (SSSR count). The number of ether oxygens (including phenoxy) is 1. The molecule has 126 valence electrons. The smallest absolute Gasteiger partial charge is 0.337 e. The Morgan fingerprint density at radius 2 is 1.67 bits per heavy atom. The minimum Gasteiger partial charge on any atom is -0.465 e. The Bertz CT molecular complexity index is 743. The summed E-state index contributed by atoms with van der Waals surface area (Å²) in [6.45, 7) is 2.88. The summed E-state index contributed by atoms with van der Waals surface area (Å²) in [4.78, 5) is 15.7. The Labute approximate surface area is 140 Å². The molecule has 0 unspecified atom stereocenters. The van der Waals surface area contributed by atoms with Gasteiger partial charge in [-0.1, -0.05) is 12.1 Å². The van der Waals surface area contributed by atoms with E-state index >= 15 is 0 Å². The summed E-state index contributed by atoms with van der Waals surface area (Å²) >= 11 is 0. The van der Waals surface area contributed by atoms with Crippen LogP contribution in [0.2, 0.25) is 0 Å². The van der Waals surface area contributed by atoms with Gasteiger partial charge in [-0.15, -0.1) is 0 Å². The topological polar surface area (TPSA) is 58.8 Å². The standard InChI is InChI=1S/C18H20FN3O2/c1-24-18(23)13-6-7-17(15(20)12-13)22-10-8-21(9-11-22)16-5-3-2-4-14(16)19/h2-7,12H,8-11,20H2,1H3. The molecule has 0 spiro atoms. The molecule has 0 saturated carbocycles. The lowest BCUT2D eigenvalue weighted by atomic mass is 10.1. The van der Waals surface area contributed by atoms with E-state index in [1.165, 1.54) is 13.2 Å². The highest BCUT2D eigenvalue weighted by Gasteiger charge is 2.21. The Morgan fingerprint density at radius 1 is 1.04 bits per heavy atom. The van der Waals surface area contributed by atoms with Crippen molar-refractivity contribution in [1.82, 2.24) is 0 Å². The number of anilines is 3. The molecule has 5 nitrogen and oxygen atoms in total. The van der Waals surface area contributed by atoms with E-state index in [1.807, 2.05) is 17.0 Å². The Balaban J connectivity index is 1.71. The fourth-order valence-corrected chi connectivity index (χ4v) is 2.98. The van der Waals surface area contributed by atoms with E-state index in [9.17, 15) is 9.18 Å². The fraction of sp³-hybridized carbons (Fsp3) is 0.278. The summed E-state index contributed by atoms with van der Waals surface area (Å²) < 4.78 is 18.6. The number of hydrogen-bond acceptors (Lipinski definition) is 5. The van der Waals surface area contributed by atoms with Crippen molar-refractivity contribution in [1.29, 1.82) is 0 Å². The van der Waals surface area contributed by atoms with Crippen LogP contribution in [0.1, 0.15) is 10.4 Å². The molecular weight excluding hydrogens is 309 g/mol. The predicted octanol–water partition coefficient (Wildman–Crippen LogP) is 2.52. The van der Waals surface area contributed by atoms with Crippen LogP contribution < -0.4 is 15.5 Å². The van der Waals surface area contributed by atoms with Crippen molar-refractivity contribution in [2.24, 2.45) is 0 Å². The van der Waals surface area contributed by atoms with Crippen LogP contribution in [0.5, 0.6) is 0 Å². The number of nitrogen functional groups attached to an aromatic ring is 1. The summed E-state index contributed by atoms with van der Waals surface area (Å²) in [6.07, 6.45) is 0. The normalized spacial score (nSPS) is 14.6. The first-order chi connectivity index (χ1) is 11.6. The van der Waals surface area contributed by atoms with Gasteiger partial charge in [-0.25, -0.2) is 9.18 Å². The largest absolute Gasteiger partial charge is 0.465 e. The second-order valence-corrected chi connectivity index (χ2v) is 5.69. The number of nitrogens with two attached hydrogens (primary N) is 1. The molecule has 2 N–H and O–H groups in total. The van der Waals surface area contributed by atoms with E-state index in [0.29, 0.717) is 30.0 Å². The molecule has 2 aromatic carbocycles. The summed E-state index contributed by atoms with van der Waals surface area (Å²) in [7, 11) is 1.34. The maximum absolute atomic E-state index is 13.9. The summed E-state index contributed by atoms with van der Waals surface area (Å²) in [5, 5.41) is 0. The third kappa shape index (κ3) is 3.13. The van der Waals surface area contributed by atoms with E-state index in [-0.39, 0.29) is 5.82 Å². The number of piperazine rings is 1. The zero-order chi connectivity index (χ0) is 17.1. The molecule has 0 bridgehead atoms. The van der Waals surface area contributed by atoms with E-state index in [0.717, 1.165) is 18.8 Å². The zero-order valence-electron chi connectivity index (χ0n) is 13.5. The lowest BCUT2D eigenvalue weighted by Crippen LogP contribution is -2.47. The van der Waals surface area contributed by atoms with E-state index < -0.39 is 5.97 Å². The van der Waals surface area contributed by atoms with E-state index in [4.69, 9.17) is 10.5 Å². The van der Waals surface area contributed by atoms with Crippen molar-refractivity contribution >= 4 is 23.0 Å². The van der Waals surface area contributed by atoms with Crippen molar-refractivity contribution in [2.45, 2.75) is 0 Å². The molecule has 0 aromatic heterocycles. The summed E-state index contributed by atoms with van der Waals surface area (Å²) in [5.41, 5.74) is 8.58. The molecule has 2 aromatic rings. The highest BCUT2D eigenvalue weighted by atomic mass is 19.1. The molecule has 24 heavy (non-hydrogen) atoms. The third-order valence-corrected chi connectivity index (χ3v) is 4.26. The minimum absolute atomic E-state index is 0.201. The molecule has 1 heterocycles. The molecule has 0 aliphatic carbocycles. The van der Waals surface area contributed by atoms with Crippen LogP contribution in [-0.2, 0) is 4.74 Å². The van der Waals surface area contributed by atoms with Gasteiger partial charge in [0, 0.05) is 26.2 Å². The number of carbonyl (C=O) groups excluding carboxylic acids is 1. The van der Waals surface area contributed by atoms with Crippen LogP contribution in [-0.4, -0.2) is 39.3 Å². The van der Waals surface area contributed by atoms with Crippen molar-refractivity contribution in [3.8, 4) is 0 Å². The number of benzene rings is 2. The highest BCUT2D eigenvalue weighted by molar-refractivity contribution is 5.92. The average molecular weight is 329 g/mol. The summed E-state index contributed by atoms with van der Waals surface area (Å²) in [6, 6.07) is 12.0. The third-order valence-electron chi connectivity index (χ3n) is 4.26. The molecule has 1 aliphatic rings. The molecule has 1 saturated heterocycles. The van der Waals surface area contributed by atoms with E-state index in [1.54, 1.807) is 24.3 Å². The SMILES string of the molecule is COC(=O)c1ccc(N2CCN(c3ccccc3F)CC2)c(N)c1. The number of halogens is 1. The Hall–Kier alpha value is -2.76. The number of nitrogens with zero attached hydrogens (tertiary/aromatic N) is 2. The minimum atomic E-state index is -0.405. The maximum atomic E-state index is 13.9. The van der Waals surface area contributed by atoms with Gasteiger partial charge in [0.15, 0.2) is 0 Å². The molecule has 0 radical (unpaired) electrons. The number of para-hydroxylation sites is 1. The van der Waals surface area contributed by atoms with Gasteiger partial charge in [-0.2, -0.15) is 0 Å². The Kier molecular flexibility index (Phi) is 4.55. The quantitative estimate of drug-likeness (QED) is 0.693. The van der Waals surface area contributed by atoms with Crippen LogP contribution in [0, 0.1) is 5.82 Å². The summed E-state index contributed by atoms with van der Waals surface area (Å²) in [5.74, 6) is -0.606. The zero-order valence-corrected chi connectivity index (χ0v) is 13.5. The van der Waals surface area contributed by atoms with Crippen LogP contribution in [0.4, 0.5) is 21.5 Å². The maximum Gasteiger partial charge on any atom is 0.337 e. The second-order valence-electron chi connectivity index (χ2n) is 5.69. The van der Waals surface area contributed by atoms with Gasteiger partial charge in [0.2, 0.25) is 0 Å².